The molecule has 7 heteroatoms. The molecule has 0 aliphatic carbocycles. The molecule has 1 atom stereocenters. The number of rotatable bonds is 4. The number of carbonyl (C=O) groups is 1. The average Bonchev–Trinajstić information content (AvgIpc) is 2.76. The molecule has 2 aromatic heterocycles. The molecule has 0 radical (unpaired) electrons. The van der Waals surface area contributed by atoms with Crippen LogP contribution in [-0.2, 0) is 11.3 Å². The Morgan fingerprint density at radius 3 is 2.86 bits per heavy atom. The fraction of sp³-hybridized carbons (Fsp3) is 0.455. The highest BCUT2D eigenvalue weighted by Crippen LogP contribution is 2.41. The molecule has 4 heterocycles. The lowest BCUT2D eigenvalue weighted by molar-refractivity contribution is -0.138. The predicted molar refractivity (Wildman–Crippen MR) is 108 cm³/mol. The van der Waals surface area contributed by atoms with E-state index in [0.717, 1.165) is 50.3 Å². The first-order chi connectivity index (χ1) is 14.1. The lowest BCUT2D eigenvalue weighted by Gasteiger charge is -2.49. The molecule has 1 amide bonds. The van der Waals surface area contributed by atoms with Crippen LogP contribution < -0.4 is 9.64 Å². The lowest BCUT2D eigenvalue weighted by Crippen LogP contribution is -2.54. The van der Waals surface area contributed by atoms with E-state index in [0.29, 0.717) is 24.4 Å². The fourth-order valence-corrected chi connectivity index (χ4v) is 4.64. The highest BCUT2D eigenvalue weighted by atomic mass is 16.5. The zero-order valence-electron chi connectivity index (χ0n) is 16.7. The monoisotopic (exact) mass is 391 g/mol. The van der Waals surface area contributed by atoms with Gasteiger partial charge in [0.15, 0.2) is 0 Å². The summed E-state index contributed by atoms with van der Waals surface area (Å²) in [6.45, 7) is 2.98. The SMILES string of the molecule is COc1nccc(N2CCC[C@@]3(CCC(=O)N(Cc4ccccn4)C3)C2)c1C#N. The van der Waals surface area contributed by atoms with Crippen LogP contribution in [0.1, 0.15) is 36.9 Å². The highest BCUT2D eigenvalue weighted by molar-refractivity contribution is 5.77. The van der Waals surface area contributed by atoms with Gasteiger partial charge < -0.3 is 14.5 Å². The van der Waals surface area contributed by atoms with Gasteiger partial charge in [-0.2, -0.15) is 5.26 Å². The van der Waals surface area contributed by atoms with Crippen molar-refractivity contribution < 1.29 is 9.53 Å². The lowest BCUT2D eigenvalue weighted by atomic mass is 9.73. The first kappa shape index (κ1) is 19.2. The number of piperidine rings is 2. The summed E-state index contributed by atoms with van der Waals surface area (Å²) in [4.78, 5) is 25.3. The van der Waals surface area contributed by atoms with Crippen molar-refractivity contribution in [1.82, 2.24) is 14.9 Å². The van der Waals surface area contributed by atoms with Crippen molar-refractivity contribution in [2.24, 2.45) is 5.41 Å². The smallest absolute Gasteiger partial charge is 0.233 e. The van der Waals surface area contributed by atoms with E-state index in [2.05, 4.69) is 20.9 Å². The first-order valence-corrected chi connectivity index (χ1v) is 10.00. The number of amides is 1. The number of nitriles is 1. The normalized spacial score (nSPS) is 21.9. The Balaban J connectivity index is 1.56. The number of hydrogen-bond donors (Lipinski definition) is 0. The van der Waals surface area contributed by atoms with Crippen molar-refractivity contribution >= 4 is 11.6 Å². The van der Waals surface area contributed by atoms with Gasteiger partial charge in [0, 0.05) is 43.9 Å². The summed E-state index contributed by atoms with van der Waals surface area (Å²) in [7, 11) is 1.53. The van der Waals surface area contributed by atoms with Crippen LogP contribution in [0.25, 0.3) is 0 Å². The molecule has 2 fully saturated rings. The summed E-state index contributed by atoms with van der Waals surface area (Å²) in [5.74, 6) is 0.557. The summed E-state index contributed by atoms with van der Waals surface area (Å²) in [5.41, 5.74) is 2.29. The second-order valence-electron chi connectivity index (χ2n) is 7.92. The summed E-state index contributed by atoms with van der Waals surface area (Å²) in [6.07, 6.45) is 7.01. The number of hydrogen-bond acceptors (Lipinski definition) is 6. The van der Waals surface area contributed by atoms with Crippen LogP contribution in [0.2, 0.25) is 0 Å². The fourth-order valence-electron chi connectivity index (χ4n) is 4.64. The van der Waals surface area contributed by atoms with Gasteiger partial charge in [0.1, 0.15) is 11.6 Å². The van der Waals surface area contributed by atoms with E-state index in [1.54, 1.807) is 12.4 Å². The number of likely N-dealkylation sites (tertiary alicyclic amines) is 1. The van der Waals surface area contributed by atoms with E-state index in [4.69, 9.17) is 4.74 Å². The van der Waals surface area contributed by atoms with Gasteiger partial charge in [-0.1, -0.05) is 6.07 Å². The maximum absolute atomic E-state index is 12.6. The molecule has 4 rings (SSSR count). The molecule has 0 saturated carbocycles. The Kier molecular flexibility index (Phi) is 5.34. The number of ether oxygens (including phenoxy) is 1. The van der Waals surface area contributed by atoms with Gasteiger partial charge in [-0.25, -0.2) is 4.98 Å². The maximum atomic E-state index is 12.6. The number of carbonyl (C=O) groups excluding carboxylic acids is 1. The average molecular weight is 391 g/mol. The van der Waals surface area contributed by atoms with E-state index >= 15 is 0 Å². The predicted octanol–water partition coefficient (Wildman–Crippen LogP) is 2.77. The van der Waals surface area contributed by atoms with E-state index in [9.17, 15) is 10.1 Å². The number of aromatic nitrogens is 2. The van der Waals surface area contributed by atoms with Crippen LogP contribution in [0.3, 0.4) is 0 Å². The topological polar surface area (TPSA) is 82.3 Å². The number of anilines is 1. The van der Waals surface area contributed by atoms with Crippen LogP contribution in [-0.4, -0.2) is 47.5 Å². The van der Waals surface area contributed by atoms with Gasteiger partial charge in [-0.3, -0.25) is 9.78 Å². The van der Waals surface area contributed by atoms with Crippen molar-refractivity contribution in [3.8, 4) is 11.9 Å². The minimum absolute atomic E-state index is 0.0319. The molecule has 0 aromatic carbocycles. The number of nitrogens with zero attached hydrogens (tertiary/aromatic N) is 5. The molecule has 29 heavy (non-hydrogen) atoms. The second-order valence-corrected chi connectivity index (χ2v) is 7.92. The standard InChI is InChI=1S/C22H25N5O2/c1-29-21-18(13-23)19(7-11-25-21)26-12-4-8-22(15-26)9-6-20(28)27(16-22)14-17-5-2-3-10-24-17/h2-3,5,7,10-11H,4,6,8-9,12,14-16H2,1H3/t22-/m1/s1. The summed E-state index contributed by atoms with van der Waals surface area (Å²) < 4.78 is 5.28. The van der Waals surface area contributed by atoms with Crippen molar-refractivity contribution in [2.75, 3.05) is 31.6 Å². The third kappa shape index (κ3) is 3.88. The van der Waals surface area contributed by atoms with Crippen LogP contribution >= 0.6 is 0 Å². The molecule has 0 N–H and O–H groups in total. The summed E-state index contributed by atoms with van der Waals surface area (Å²) in [5, 5.41) is 9.65. The molecular weight excluding hydrogens is 366 g/mol. The highest BCUT2D eigenvalue weighted by Gasteiger charge is 2.42. The minimum Gasteiger partial charge on any atom is -0.480 e. The molecule has 150 valence electrons. The van der Waals surface area contributed by atoms with Crippen molar-refractivity contribution in [2.45, 2.75) is 32.2 Å². The van der Waals surface area contributed by atoms with Crippen LogP contribution in [0.4, 0.5) is 5.69 Å². The minimum atomic E-state index is 0.0319. The van der Waals surface area contributed by atoms with E-state index < -0.39 is 0 Å². The van der Waals surface area contributed by atoms with Crippen molar-refractivity contribution in [1.29, 1.82) is 5.26 Å². The Hall–Kier alpha value is -3.14. The largest absolute Gasteiger partial charge is 0.480 e. The van der Waals surface area contributed by atoms with Crippen molar-refractivity contribution in [3.63, 3.8) is 0 Å². The van der Waals surface area contributed by atoms with Gasteiger partial charge in [-0.15, -0.1) is 0 Å². The van der Waals surface area contributed by atoms with Crippen LogP contribution in [0.15, 0.2) is 36.7 Å². The summed E-state index contributed by atoms with van der Waals surface area (Å²) in [6, 6.07) is 9.94. The van der Waals surface area contributed by atoms with E-state index in [1.165, 1.54) is 7.11 Å². The molecule has 0 bridgehead atoms. The third-order valence-corrected chi connectivity index (χ3v) is 6.03. The van der Waals surface area contributed by atoms with Crippen LogP contribution in [0.5, 0.6) is 5.88 Å². The number of methoxy groups -OCH3 is 1. The molecule has 2 aromatic rings. The first-order valence-electron chi connectivity index (χ1n) is 10.00. The Morgan fingerprint density at radius 2 is 2.10 bits per heavy atom. The quantitative estimate of drug-likeness (QED) is 0.797. The maximum Gasteiger partial charge on any atom is 0.233 e. The van der Waals surface area contributed by atoms with Gasteiger partial charge >= 0.3 is 0 Å². The second kappa shape index (κ2) is 8.08. The number of pyridine rings is 2. The van der Waals surface area contributed by atoms with Crippen LogP contribution in [0, 0.1) is 16.7 Å². The van der Waals surface area contributed by atoms with Crippen molar-refractivity contribution in [3.05, 3.63) is 47.9 Å². The van der Waals surface area contributed by atoms with E-state index in [1.807, 2.05) is 29.2 Å². The third-order valence-electron chi connectivity index (χ3n) is 6.03. The van der Waals surface area contributed by atoms with Gasteiger partial charge in [0.05, 0.1) is 25.0 Å². The van der Waals surface area contributed by atoms with Gasteiger partial charge in [0.25, 0.3) is 0 Å². The summed E-state index contributed by atoms with van der Waals surface area (Å²) >= 11 is 0. The zero-order chi connectivity index (χ0) is 20.3. The Labute approximate surface area is 170 Å². The molecule has 7 nitrogen and oxygen atoms in total. The molecule has 2 saturated heterocycles. The zero-order valence-corrected chi connectivity index (χ0v) is 16.7. The molecular formula is C22H25N5O2. The van der Waals surface area contributed by atoms with E-state index in [-0.39, 0.29) is 11.3 Å². The Bertz CT molecular complexity index is 927. The molecule has 0 unspecified atom stereocenters. The van der Waals surface area contributed by atoms with Gasteiger partial charge in [0.2, 0.25) is 11.8 Å². The molecule has 2 aliphatic rings. The van der Waals surface area contributed by atoms with Gasteiger partial charge in [-0.05, 0) is 37.5 Å². The molecule has 2 aliphatic heterocycles. The molecule has 1 spiro atoms. The Morgan fingerprint density at radius 1 is 1.21 bits per heavy atom.